The number of fused-ring (bicyclic) bond motifs is 1. The molecule has 3 rings (SSSR count). The van der Waals surface area contributed by atoms with Crippen molar-refractivity contribution in [2.24, 2.45) is 0 Å². The van der Waals surface area contributed by atoms with Crippen molar-refractivity contribution in [1.29, 1.82) is 0 Å². The zero-order valence-corrected chi connectivity index (χ0v) is 25.3. The van der Waals surface area contributed by atoms with Crippen LogP contribution in [0.4, 0.5) is 11.5 Å². The molecule has 1 atom stereocenters. The number of halogens is 1. The van der Waals surface area contributed by atoms with Crippen LogP contribution in [0.3, 0.4) is 0 Å². The van der Waals surface area contributed by atoms with Crippen LogP contribution >= 0.6 is 11.6 Å². The first-order chi connectivity index (χ1) is 18.8. The maximum Gasteiger partial charge on any atom is 0.190 e. The third-order valence-electron chi connectivity index (χ3n) is 4.79. The predicted octanol–water partition coefficient (Wildman–Crippen LogP) is 7.07. The van der Waals surface area contributed by atoms with Crippen molar-refractivity contribution < 1.29 is 23.9 Å². The molecule has 0 bridgehead atoms. The molecule has 10 heteroatoms. The molecule has 0 aliphatic heterocycles. The average Bonchev–Trinajstić information content (AvgIpc) is 3.33. The summed E-state index contributed by atoms with van der Waals surface area (Å²) in [6.45, 7) is 10.4. The Labute approximate surface area is 245 Å². The third kappa shape index (κ3) is 19.7. The Hall–Kier alpha value is -3.27. The van der Waals surface area contributed by atoms with Gasteiger partial charge in [0.1, 0.15) is 24.0 Å². The molecule has 2 heterocycles. The van der Waals surface area contributed by atoms with Crippen LogP contribution in [0.5, 0.6) is 0 Å². The lowest BCUT2D eigenvalue weighted by molar-refractivity contribution is -0.107. The molecule has 0 saturated heterocycles. The van der Waals surface area contributed by atoms with Gasteiger partial charge in [0.2, 0.25) is 0 Å². The topological polar surface area (TPSA) is 148 Å². The van der Waals surface area contributed by atoms with Gasteiger partial charge in [-0.15, -0.1) is 0 Å². The molecule has 9 nitrogen and oxygen atoms in total. The number of benzene rings is 1. The number of hydrogen-bond donors (Lipinski definition) is 4. The predicted molar refractivity (Wildman–Crippen MR) is 171 cm³/mol. The van der Waals surface area contributed by atoms with E-state index in [4.69, 9.17) is 26.9 Å². The summed E-state index contributed by atoms with van der Waals surface area (Å²) in [5, 5.41) is 14.3. The summed E-state index contributed by atoms with van der Waals surface area (Å²) >= 11 is 5.58. The first-order valence-electron chi connectivity index (χ1n) is 12.9. The standard InChI is InChI=1S/C10H7NO3.C6H7ClN2.C5H13N.C5H10O.C2H6.CH4O.CH4/c11-10-7-3-6(4-12)1-2-8(7)14-9(10)5-13;1-8-6-3-2-5(7)4-9-6;1-4-5(2)6-3;1-2-3-4-5-6;2*1-2;/h1-5H,11H2;2-4H,1H3,(H,8,9);5-6H,4H2,1-3H3;5H,2-4H2,1H3;1-2H3;2H,1H3;1H4. The van der Waals surface area contributed by atoms with Gasteiger partial charge in [-0.05, 0) is 57.1 Å². The second kappa shape index (κ2) is 30.3. The average molecular weight is 583 g/mol. The SMILES string of the molecule is C.CC.CCC(C)NC.CCCCC=O.CNc1ccc(Cl)cn1.CO.Nc1c(C=O)oc2ccc(C=O)cc12. The van der Waals surface area contributed by atoms with Crippen molar-refractivity contribution in [3.63, 3.8) is 0 Å². The highest BCUT2D eigenvalue weighted by atomic mass is 35.5. The molecule has 0 spiro atoms. The number of nitrogens with two attached hydrogens (primary N) is 1. The van der Waals surface area contributed by atoms with E-state index in [2.05, 4.69) is 36.4 Å². The minimum Gasteiger partial charge on any atom is -0.451 e. The van der Waals surface area contributed by atoms with Gasteiger partial charge in [0, 0.05) is 43.8 Å². The summed E-state index contributed by atoms with van der Waals surface area (Å²) in [4.78, 5) is 34.5. The lowest BCUT2D eigenvalue weighted by atomic mass is 10.1. The Bertz CT molecular complexity index is 1010. The first-order valence-corrected chi connectivity index (χ1v) is 13.3. The number of aliphatic hydroxyl groups is 1. The molecule has 5 N–H and O–H groups in total. The molecule has 2 aromatic heterocycles. The molecule has 0 aliphatic rings. The second-order valence-corrected chi connectivity index (χ2v) is 7.83. The number of unbranched alkanes of at least 4 members (excludes halogenated alkanes) is 2. The molecule has 0 radical (unpaired) electrons. The number of rotatable bonds is 8. The van der Waals surface area contributed by atoms with Crippen LogP contribution in [-0.2, 0) is 4.79 Å². The molecular formula is C30H51ClN4O5. The molecule has 0 aliphatic carbocycles. The van der Waals surface area contributed by atoms with Gasteiger partial charge in [-0.3, -0.25) is 9.59 Å². The van der Waals surface area contributed by atoms with Crippen LogP contribution in [0.25, 0.3) is 11.0 Å². The summed E-state index contributed by atoms with van der Waals surface area (Å²) in [6.07, 6.45) is 7.95. The molecule has 0 amide bonds. The van der Waals surface area contributed by atoms with Crippen molar-refractivity contribution in [2.75, 3.05) is 32.3 Å². The van der Waals surface area contributed by atoms with Gasteiger partial charge in [-0.1, -0.05) is 53.1 Å². The number of anilines is 2. The molecule has 3 aromatic rings. The van der Waals surface area contributed by atoms with Gasteiger partial charge in [0.05, 0.1) is 10.7 Å². The summed E-state index contributed by atoms with van der Waals surface area (Å²) in [7, 11) is 4.80. The van der Waals surface area contributed by atoms with Crippen LogP contribution in [0.15, 0.2) is 40.9 Å². The number of hydrogen-bond acceptors (Lipinski definition) is 9. The summed E-state index contributed by atoms with van der Waals surface area (Å²) in [5.41, 5.74) is 6.92. The fraction of sp³-hybridized carbons (Fsp3) is 0.467. The van der Waals surface area contributed by atoms with Gasteiger partial charge in [-0.25, -0.2) is 4.98 Å². The summed E-state index contributed by atoms with van der Waals surface area (Å²) in [5.74, 6) is 0.933. The number of furan rings is 1. The van der Waals surface area contributed by atoms with Gasteiger partial charge in [0.15, 0.2) is 12.0 Å². The summed E-state index contributed by atoms with van der Waals surface area (Å²) < 4.78 is 5.14. The maximum atomic E-state index is 10.5. The molecular weight excluding hydrogens is 532 g/mol. The molecule has 0 saturated carbocycles. The maximum absolute atomic E-state index is 10.5. The van der Waals surface area contributed by atoms with E-state index in [1.54, 1.807) is 30.5 Å². The Morgan fingerprint density at radius 3 is 2.05 bits per heavy atom. The zero-order chi connectivity index (χ0) is 30.6. The normalized spacial score (nSPS) is 9.35. The highest BCUT2D eigenvalue weighted by Crippen LogP contribution is 2.27. The van der Waals surface area contributed by atoms with Crippen LogP contribution < -0.4 is 16.4 Å². The van der Waals surface area contributed by atoms with Crippen LogP contribution in [0.1, 0.15) is 88.6 Å². The number of aldehydes is 3. The van der Waals surface area contributed by atoms with E-state index in [9.17, 15) is 14.4 Å². The smallest absolute Gasteiger partial charge is 0.190 e. The Kier molecular flexibility index (Phi) is 33.1. The number of nitrogen functional groups attached to an aromatic ring is 1. The zero-order valence-electron chi connectivity index (χ0n) is 24.6. The van der Waals surface area contributed by atoms with Crippen LogP contribution in [0, 0.1) is 0 Å². The number of pyridine rings is 1. The quantitative estimate of drug-likeness (QED) is 0.162. The minimum absolute atomic E-state index is 0. The van der Waals surface area contributed by atoms with Crippen molar-refractivity contribution in [1.82, 2.24) is 10.3 Å². The number of nitrogens with zero attached hydrogens (tertiary/aromatic N) is 1. The van der Waals surface area contributed by atoms with E-state index in [1.807, 2.05) is 34.0 Å². The van der Waals surface area contributed by atoms with Gasteiger partial charge < -0.3 is 30.7 Å². The van der Waals surface area contributed by atoms with E-state index in [-0.39, 0.29) is 18.9 Å². The van der Waals surface area contributed by atoms with Crippen LogP contribution in [0.2, 0.25) is 5.02 Å². The number of aliphatic hydroxyl groups excluding tert-OH is 1. The monoisotopic (exact) mass is 582 g/mol. The molecule has 1 unspecified atom stereocenters. The lowest BCUT2D eigenvalue weighted by Crippen LogP contribution is -2.19. The number of carbonyl (C=O) groups is 3. The van der Waals surface area contributed by atoms with Crippen molar-refractivity contribution in [3.05, 3.63) is 52.9 Å². The molecule has 228 valence electrons. The number of nitrogens with one attached hydrogen (secondary N) is 2. The highest BCUT2D eigenvalue weighted by molar-refractivity contribution is 6.30. The largest absolute Gasteiger partial charge is 0.451 e. The fourth-order valence-corrected chi connectivity index (χ4v) is 2.44. The number of carbonyl (C=O) groups excluding carboxylic acids is 3. The second-order valence-electron chi connectivity index (χ2n) is 7.39. The van der Waals surface area contributed by atoms with Crippen molar-refractivity contribution in [2.45, 2.75) is 73.8 Å². The highest BCUT2D eigenvalue weighted by Gasteiger charge is 2.10. The van der Waals surface area contributed by atoms with E-state index in [0.29, 0.717) is 40.2 Å². The van der Waals surface area contributed by atoms with E-state index < -0.39 is 0 Å². The lowest BCUT2D eigenvalue weighted by Gasteiger charge is -2.02. The van der Waals surface area contributed by atoms with Crippen molar-refractivity contribution >= 4 is 52.9 Å². The van der Waals surface area contributed by atoms with Gasteiger partial charge in [-0.2, -0.15) is 0 Å². The van der Waals surface area contributed by atoms with Crippen molar-refractivity contribution in [3.8, 4) is 0 Å². The number of aromatic nitrogens is 1. The molecule has 1 aromatic carbocycles. The Balaban J connectivity index is -0.000000219. The Morgan fingerprint density at radius 1 is 1.07 bits per heavy atom. The van der Waals surface area contributed by atoms with E-state index in [1.165, 1.54) is 6.42 Å². The third-order valence-corrected chi connectivity index (χ3v) is 5.01. The van der Waals surface area contributed by atoms with Gasteiger partial charge in [0.25, 0.3) is 0 Å². The van der Waals surface area contributed by atoms with Crippen LogP contribution in [-0.4, -0.2) is 56.2 Å². The molecule has 0 fully saturated rings. The fourth-order valence-electron chi connectivity index (χ4n) is 2.33. The first kappa shape index (κ1) is 43.8. The molecule has 40 heavy (non-hydrogen) atoms. The van der Waals surface area contributed by atoms with E-state index >= 15 is 0 Å². The minimum atomic E-state index is 0. The van der Waals surface area contributed by atoms with Gasteiger partial charge >= 0.3 is 0 Å². The summed E-state index contributed by atoms with van der Waals surface area (Å²) in [6, 6.07) is 9.11. The van der Waals surface area contributed by atoms with E-state index in [0.717, 1.165) is 38.5 Å². The Morgan fingerprint density at radius 2 is 1.70 bits per heavy atom.